The Labute approximate surface area is 197 Å². The molecular weight excluding hydrogens is 495 g/mol. The zero-order valence-electron chi connectivity index (χ0n) is 18.6. The fourth-order valence-corrected chi connectivity index (χ4v) is 3.02. The van der Waals surface area contributed by atoms with E-state index in [0.29, 0.717) is 25.0 Å². The molecule has 8 heteroatoms. The van der Waals surface area contributed by atoms with Crippen molar-refractivity contribution in [2.75, 3.05) is 20.2 Å². The van der Waals surface area contributed by atoms with Gasteiger partial charge in [0.2, 0.25) is 0 Å². The van der Waals surface area contributed by atoms with Crippen LogP contribution in [0.3, 0.4) is 0 Å². The van der Waals surface area contributed by atoms with Crippen molar-refractivity contribution in [2.45, 2.75) is 59.1 Å². The van der Waals surface area contributed by atoms with Gasteiger partial charge in [-0.05, 0) is 38.8 Å². The quantitative estimate of drug-likeness (QED) is 0.249. The van der Waals surface area contributed by atoms with Crippen molar-refractivity contribution in [1.29, 1.82) is 0 Å². The van der Waals surface area contributed by atoms with Crippen molar-refractivity contribution >= 4 is 29.9 Å². The van der Waals surface area contributed by atoms with Gasteiger partial charge < -0.3 is 24.6 Å². The minimum absolute atomic E-state index is 0. The number of rotatable bonds is 11. The number of hydrogen-bond acceptors (Lipinski definition) is 5. The highest BCUT2D eigenvalue weighted by Gasteiger charge is 2.13. The number of nitrogens with zero attached hydrogens (tertiary/aromatic N) is 2. The number of nitrogens with one attached hydrogen (secondary N) is 2. The Kier molecular flexibility index (Phi) is 12.3. The number of aromatic nitrogens is 1. The fraction of sp³-hybridized carbons (Fsp3) is 0.545. The van der Waals surface area contributed by atoms with Crippen LogP contribution in [0.4, 0.5) is 0 Å². The molecule has 2 aromatic rings. The van der Waals surface area contributed by atoms with Gasteiger partial charge in [-0.3, -0.25) is 0 Å². The van der Waals surface area contributed by atoms with Crippen LogP contribution < -0.4 is 20.1 Å². The van der Waals surface area contributed by atoms with Crippen LogP contribution >= 0.6 is 24.0 Å². The van der Waals surface area contributed by atoms with Gasteiger partial charge in [0, 0.05) is 18.5 Å². The molecule has 0 radical (unpaired) electrons. The van der Waals surface area contributed by atoms with Crippen LogP contribution in [0.5, 0.6) is 11.5 Å². The van der Waals surface area contributed by atoms with Crippen LogP contribution in [0.15, 0.2) is 39.8 Å². The molecule has 2 N–H and O–H groups in total. The van der Waals surface area contributed by atoms with Gasteiger partial charge in [-0.25, -0.2) is 4.99 Å². The second-order valence-corrected chi connectivity index (χ2v) is 6.89. The third-order valence-electron chi connectivity index (χ3n) is 4.67. The molecule has 0 bridgehead atoms. The summed E-state index contributed by atoms with van der Waals surface area (Å²) in [5, 5.41) is 10.8. The van der Waals surface area contributed by atoms with E-state index in [0.717, 1.165) is 42.3 Å². The predicted molar refractivity (Wildman–Crippen MR) is 131 cm³/mol. The molecule has 0 saturated heterocycles. The van der Waals surface area contributed by atoms with Crippen molar-refractivity contribution < 1.29 is 14.0 Å². The number of guanidine groups is 1. The van der Waals surface area contributed by atoms with E-state index in [4.69, 9.17) is 14.0 Å². The molecule has 1 unspecified atom stereocenters. The maximum atomic E-state index is 5.98. The standard InChI is InChI=1S/C22H34N4O3.HI/c1-6-17(7-2)19-13-18(29-26-19)15-25-22(23-8-3)24-14-16(4)28-21-12-10-9-11-20(21)27-5;/h9-13,16-17H,6-8,14-15H2,1-5H3,(H2,23,24,25);1H. The predicted octanol–water partition coefficient (Wildman–Crippen LogP) is 4.73. The molecular formula is C22H35IN4O3. The number of halogens is 1. The minimum atomic E-state index is -0.0677. The molecule has 0 aliphatic heterocycles. The van der Waals surface area contributed by atoms with Gasteiger partial charge in [0.05, 0.1) is 19.3 Å². The summed E-state index contributed by atoms with van der Waals surface area (Å²) < 4.78 is 16.8. The van der Waals surface area contributed by atoms with Crippen LogP contribution in [-0.2, 0) is 6.54 Å². The third-order valence-corrected chi connectivity index (χ3v) is 4.67. The summed E-state index contributed by atoms with van der Waals surface area (Å²) in [6, 6.07) is 9.64. The van der Waals surface area contributed by atoms with Crippen LogP contribution in [0.25, 0.3) is 0 Å². The molecule has 0 amide bonds. The number of methoxy groups -OCH3 is 1. The Bertz CT molecular complexity index is 762. The van der Waals surface area contributed by atoms with E-state index in [1.165, 1.54) is 0 Å². The van der Waals surface area contributed by atoms with Crippen LogP contribution in [0, 0.1) is 0 Å². The number of benzene rings is 1. The topological polar surface area (TPSA) is 80.9 Å². The third kappa shape index (κ3) is 8.04. The highest BCUT2D eigenvalue weighted by atomic mass is 127. The second kappa shape index (κ2) is 14.1. The van der Waals surface area contributed by atoms with Crippen LogP contribution in [0.2, 0.25) is 0 Å². The molecule has 2 rings (SSSR count). The van der Waals surface area contributed by atoms with E-state index in [9.17, 15) is 0 Å². The van der Waals surface area contributed by atoms with Gasteiger partial charge in [0.15, 0.2) is 23.2 Å². The van der Waals surface area contributed by atoms with Gasteiger partial charge in [0.1, 0.15) is 12.6 Å². The molecule has 1 heterocycles. The maximum absolute atomic E-state index is 5.98. The summed E-state index contributed by atoms with van der Waals surface area (Å²) in [6.07, 6.45) is 2.04. The molecule has 0 saturated carbocycles. The lowest BCUT2D eigenvalue weighted by atomic mass is 9.99. The molecule has 168 valence electrons. The van der Waals surface area contributed by atoms with E-state index >= 15 is 0 Å². The molecule has 0 aliphatic carbocycles. The summed E-state index contributed by atoms with van der Waals surface area (Å²) in [4.78, 5) is 4.60. The number of para-hydroxylation sites is 2. The van der Waals surface area contributed by atoms with Gasteiger partial charge in [-0.1, -0.05) is 31.1 Å². The summed E-state index contributed by atoms with van der Waals surface area (Å²) in [7, 11) is 1.64. The van der Waals surface area contributed by atoms with E-state index in [2.05, 4.69) is 34.6 Å². The highest BCUT2D eigenvalue weighted by Crippen LogP contribution is 2.26. The Morgan fingerprint density at radius 3 is 2.47 bits per heavy atom. The fourth-order valence-electron chi connectivity index (χ4n) is 3.02. The molecule has 1 aromatic carbocycles. The molecule has 1 atom stereocenters. The summed E-state index contributed by atoms with van der Waals surface area (Å²) >= 11 is 0. The van der Waals surface area contributed by atoms with Crippen molar-refractivity contribution in [3.05, 3.63) is 41.8 Å². The first-order valence-corrected chi connectivity index (χ1v) is 10.4. The van der Waals surface area contributed by atoms with Crippen molar-refractivity contribution in [3.8, 4) is 11.5 Å². The molecule has 7 nitrogen and oxygen atoms in total. The number of aliphatic imine (C=N–C) groups is 1. The first-order valence-electron chi connectivity index (χ1n) is 10.4. The minimum Gasteiger partial charge on any atom is -0.493 e. The van der Waals surface area contributed by atoms with Crippen LogP contribution in [-0.4, -0.2) is 37.4 Å². The van der Waals surface area contributed by atoms with Crippen molar-refractivity contribution in [2.24, 2.45) is 4.99 Å². The number of hydrogen-bond donors (Lipinski definition) is 2. The molecule has 0 spiro atoms. The lowest BCUT2D eigenvalue weighted by Gasteiger charge is -2.18. The lowest BCUT2D eigenvalue weighted by molar-refractivity contribution is 0.213. The zero-order valence-corrected chi connectivity index (χ0v) is 20.9. The SMILES string of the molecule is CCNC(=NCc1cc(C(CC)CC)no1)NCC(C)Oc1ccccc1OC.I. The average Bonchev–Trinajstić information content (AvgIpc) is 3.20. The first-order chi connectivity index (χ1) is 14.1. The second-order valence-electron chi connectivity index (χ2n) is 6.89. The van der Waals surface area contributed by atoms with Gasteiger partial charge >= 0.3 is 0 Å². The summed E-state index contributed by atoms with van der Waals surface area (Å²) in [5.74, 6) is 3.36. The largest absolute Gasteiger partial charge is 0.493 e. The Morgan fingerprint density at radius 1 is 1.13 bits per heavy atom. The molecule has 30 heavy (non-hydrogen) atoms. The van der Waals surface area contributed by atoms with Gasteiger partial charge in [-0.2, -0.15) is 0 Å². The molecule has 0 fully saturated rings. The Hall–Kier alpha value is -1.97. The maximum Gasteiger partial charge on any atom is 0.191 e. The summed E-state index contributed by atoms with van der Waals surface area (Å²) in [6.45, 7) is 10.2. The Balaban J connectivity index is 0.00000450. The average molecular weight is 530 g/mol. The normalized spacial score (nSPS) is 12.3. The van der Waals surface area contributed by atoms with E-state index in [1.807, 2.05) is 44.2 Å². The van der Waals surface area contributed by atoms with E-state index in [1.54, 1.807) is 7.11 Å². The van der Waals surface area contributed by atoms with Crippen LogP contribution in [0.1, 0.15) is 57.9 Å². The van der Waals surface area contributed by atoms with Crippen molar-refractivity contribution in [3.63, 3.8) is 0 Å². The smallest absolute Gasteiger partial charge is 0.191 e. The van der Waals surface area contributed by atoms with Gasteiger partial charge in [-0.15, -0.1) is 24.0 Å². The Morgan fingerprint density at radius 2 is 1.83 bits per heavy atom. The van der Waals surface area contributed by atoms with Crippen molar-refractivity contribution in [1.82, 2.24) is 15.8 Å². The summed E-state index contributed by atoms with van der Waals surface area (Å²) in [5.41, 5.74) is 1.01. The molecule has 0 aliphatic rings. The van der Waals surface area contributed by atoms with Gasteiger partial charge in [0.25, 0.3) is 0 Å². The molecule has 1 aromatic heterocycles. The first kappa shape index (κ1) is 26.1. The van der Waals surface area contributed by atoms with E-state index in [-0.39, 0.29) is 30.1 Å². The lowest BCUT2D eigenvalue weighted by Crippen LogP contribution is -2.41. The van der Waals surface area contributed by atoms with E-state index < -0.39 is 0 Å². The zero-order chi connectivity index (χ0) is 21.1. The monoisotopic (exact) mass is 530 g/mol. The highest BCUT2D eigenvalue weighted by molar-refractivity contribution is 14.0. The number of ether oxygens (including phenoxy) is 2.